The Morgan fingerprint density at radius 2 is 2.19 bits per heavy atom. The van der Waals surface area contributed by atoms with E-state index in [2.05, 4.69) is 16.7 Å². The van der Waals surface area contributed by atoms with E-state index in [0.29, 0.717) is 12.6 Å². The van der Waals surface area contributed by atoms with Gasteiger partial charge in [0.2, 0.25) is 0 Å². The van der Waals surface area contributed by atoms with Crippen LogP contribution in [0.4, 0.5) is 4.39 Å². The fraction of sp³-hybridized carbons (Fsp3) is 0.625. The molecule has 0 radical (unpaired) electrons. The summed E-state index contributed by atoms with van der Waals surface area (Å²) in [5.74, 6) is -0.0235. The predicted molar refractivity (Wildman–Crippen MR) is 80.9 cm³/mol. The van der Waals surface area contributed by atoms with Gasteiger partial charge in [-0.2, -0.15) is 0 Å². The molecule has 0 amide bonds. The molecule has 0 unspecified atom stereocenters. The van der Waals surface area contributed by atoms with Crippen molar-refractivity contribution in [2.24, 2.45) is 0 Å². The fourth-order valence-corrected chi connectivity index (χ4v) is 2.89. The van der Waals surface area contributed by atoms with Crippen molar-refractivity contribution in [3.05, 3.63) is 29.6 Å². The smallest absolute Gasteiger partial charge is 0.165 e. The van der Waals surface area contributed by atoms with Gasteiger partial charge in [-0.1, -0.05) is 6.07 Å². The number of benzene rings is 1. The number of rotatable bonds is 5. The number of nitrogens with zero attached hydrogens (tertiary/aromatic N) is 2. The van der Waals surface area contributed by atoms with Crippen molar-refractivity contribution >= 4 is 0 Å². The van der Waals surface area contributed by atoms with Gasteiger partial charge in [-0.15, -0.1) is 0 Å². The Hall–Kier alpha value is -1.17. The molecular weight excluding hydrogens is 271 g/mol. The van der Waals surface area contributed by atoms with Crippen LogP contribution in [0.1, 0.15) is 19.4 Å². The third-order valence-corrected chi connectivity index (χ3v) is 3.97. The molecule has 0 aliphatic carbocycles. The van der Waals surface area contributed by atoms with Crippen LogP contribution in [0.25, 0.3) is 0 Å². The maximum Gasteiger partial charge on any atom is 0.165 e. The van der Waals surface area contributed by atoms with Crippen LogP contribution in [-0.2, 0) is 6.54 Å². The third-order valence-electron chi connectivity index (χ3n) is 3.97. The van der Waals surface area contributed by atoms with Gasteiger partial charge in [-0.05, 0) is 31.5 Å². The number of methoxy groups -OCH3 is 1. The van der Waals surface area contributed by atoms with Gasteiger partial charge in [0.1, 0.15) is 0 Å². The summed E-state index contributed by atoms with van der Waals surface area (Å²) in [5, 5.41) is 9.49. The highest BCUT2D eigenvalue weighted by molar-refractivity contribution is 5.29. The van der Waals surface area contributed by atoms with Crippen LogP contribution in [0.5, 0.6) is 5.75 Å². The van der Waals surface area contributed by atoms with Crippen LogP contribution in [0.3, 0.4) is 0 Å². The van der Waals surface area contributed by atoms with E-state index in [1.165, 1.54) is 7.11 Å². The summed E-state index contributed by atoms with van der Waals surface area (Å²) in [6.07, 6.45) is -0.297. The molecule has 1 aromatic rings. The Morgan fingerprint density at radius 1 is 1.43 bits per heavy atom. The Morgan fingerprint density at radius 3 is 2.76 bits per heavy atom. The number of hydrogen-bond acceptors (Lipinski definition) is 4. The quantitative estimate of drug-likeness (QED) is 0.897. The monoisotopic (exact) mass is 296 g/mol. The maximum atomic E-state index is 13.7. The molecule has 0 spiro atoms. The lowest BCUT2D eigenvalue weighted by molar-refractivity contribution is 0.0422. The highest BCUT2D eigenvalue weighted by Crippen LogP contribution is 2.20. The number of halogens is 1. The molecule has 1 heterocycles. The van der Waals surface area contributed by atoms with Gasteiger partial charge in [-0.25, -0.2) is 4.39 Å². The number of piperazine rings is 1. The Labute approximate surface area is 126 Å². The lowest BCUT2D eigenvalue weighted by atomic mass is 10.1. The molecule has 1 aliphatic heterocycles. The van der Waals surface area contributed by atoms with Crippen LogP contribution in [0.2, 0.25) is 0 Å². The normalized spacial score (nSPS) is 22.2. The van der Waals surface area contributed by atoms with E-state index >= 15 is 0 Å². The third kappa shape index (κ3) is 4.40. The lowest BCUT2D eigenvalue weighted by Crippen LogP contribution is -2.53. The van der Waals surface area contributed by atoms with Gasteiger partial charge < -0.3 is 9.84 Å². The molecule has 1 aromatic carbocycles. The SMILES string of the molecule is COc1ccc(CN2CCN(C[C@@H](C)O)[C@@H](C)C2)cc1F. The summed E-state index contributed by atoms with van der Waals surface area (Å²) >= 11 is 0. The number of hydrogen-bond donors (Lipinski definition) is 1. The lowest BCUT2D eigenvalue weighted by Gasteiger charge is -2.40. The van der Waals surface area contributed by atoms with E-state index in [-0.39, 0.29) is 17.7 Å². The van der Waals surface area contributed by atoms with Crippen LogP contribution in [0.15, 0.2) is 18.2 Å². The van der Waals surface area contributed by atoms with Gasteiger partial charge >= 0.3 is 0 Å². The van der Waals surface area contributed by atoms with Gasteiger partial charge in [0, 0.05) is 38.8 Å². The van der Waals surface area contributed by atoms with Crippen molar-refractivity contribution in [2.75, 3.05) is 33.3 Å². The highest BCUT2D eigenvalue weighted by Gasteiger charge is 2.24. The van der Waals surface area contributed by atoms with Crippen molar-refractivity contribution in [3.63, 3.8) is 0 Å². The number of ether oxygens (including phenoxy) is 1. The molecule has 4 nitrogen and oxygen atoms in total. The second-order valence-corrected chi connectivity index (χ2v) is 5.90. The van der Waals surface area contributed by atoms with E-state index in [4.69, 9.17) is 4.74 Å². The van der Waals surface area contributed by atoms with E-state index < -0.39 is 0 Å². The second kappa shape index (κ2) is 7.20. The van der Waals surface area contributed by atoms with Crippen molar-refractivity contribution in [1.82, 2.24) is 9.80 Å². The molecule has 0 saturated carbocycles. The summed E-state index contributed by atoms with van der Waals surface area (Å²) in [7, 11) is 1.47. The summed E-state index contributed by atoms with van der Waals surface area (Å²) < 4.78 is 18.6. The van der Waals surface area contributed by atoms with E-state index in [0.717, 1.165) is 31.7 Å². The molecule has 1 fully saturated rings. The number of aliphatic hydroxyl groups excluding tert-OH is 1. The molecule has 1 saturated heterocycles. The molecule has 5 heteroatoms. The van der Waals surface area contributed by atoms with Crippen LogP contribution >= 0.6 is 0 Å². The summed E-state index contributed by atoms with van der Waals surface area (Å²) in [6, 6.07) is 5.54. The first-order valence-corrected chi connectivity index (χ1v) is 7.46. The van der Waals surface area contributed by atoms with E-state index in [1.807, 2.05) is 13.0 Å². The van der Waals surface area contributed by atoms with Crippen LogP contribution in [0, 0.1) is 5.82 Å². The summed E-state index contributed by atoms with van der Waals surface area (Å²) in [5.41, 5.74) is 0.962. The van der Waals surface area contributed by atoms with Crippen molar-refractivity contribution in [1.29, 1.82) is 0 Å². The van der Waals surface area contributed by atoms with Crippen molar-refractivity contribution in [3.8, 4) is 5.75 Å². The predicted octanol–water partition coefficient (Wildman–Crippen LogP) is 1.72. The molecule has 0 bridgehead atoms. The van der Waals surface area contributed by atoms with E-state index in [9.17, 15) is 9.50 Å². The van der Waals surface area contributed by atoms with Crippen molar-refractivity contribution in [2.45, 2.75) is 32.5 Å². The first-order chi connectivity index (χ1) is 9.99. The largest absolute Gasteiger partial charge is 0.494 e. The number of β-amino-alcohol motifs (C(OH)–C–C–N with tert-alkyl or cyclic N) is 1. The first-order valence-electron chi connectivity index (χ1n) is 7.46. The minimum atomic E-state index is -0.309. The Bertz CT molecular complexity index is 468. The summed E-state index contributed by atoms with van der Waals surface area (Å²) in [4.78, 5) is 4.63. The molecule has 1 N–H and O–H groups in total. The minimum absolute atomic E-state index is 0.286. The molecule has 2 rings (SSSR count). The molecule has 21 heavy (non-hydrogen) atoms. The molecular formula is C16H25FN2O2. The first kappa shape index (κ1) is 16.2. The van der Waals surface area contributed by atoms with Gasteiger partial charge in [0.25, 0.3) is 0 Å². The van der Waals surface area contributed by atoms with Crippen LogP contribution < -0.4 is 4.74 Å². The fourth-order valence-electron chi connectivity index (χ4n) is 2.89. The average Bonchev–Trinajstić information content (AvgIpc) is 2.42. The Balaban J connectivity index is 1.92. The topological polar surface area (TPSA) is 35.9 Å². The van der Waals surface area contributed by atoms with Crippen molar-refractivity contribution < 1.29 is 14.2 Å². The summed E-state index contributed by atoms with van der Waals surface area (Å²) in [6.45, 7) is 8.25. The van der Waals surface area contributed by atoms with Crippen LogP contribution in [-0.4, -0.2) is 60.3 Å². The zero-order valence-electron chi connectivity index (χ0n) is 13.1. The van der Waals surface area contributed by atoms with Gasteiger partial charge in [-0.3, -0.25) is 9.80 Å². The van der Waals surface area contributed by atoms with Gasteiger partial charge in [0.15, 0.2) is 11.6 Å². The Kier molecular flexibility index (Phi) is 5.56. The number of aliphatic hydroxyl groups is 1. The van der Waals surface area contributed by atoms with Gasteiger partial charge in [0.05, 0.1) is 13.2 Å². The zero-order valence-corrected chi connectivity index (χ0v) is 13.1. The highest BCUT2D eigenvalue weighted by atomic mass is 19.1. The second-order valence-electron chi connectivity index (χ2n) is 5.90. The molecule has 0 aromatic heterocycles. The molecule has 2 atom stereocenters. The maximum absolute atomic E-state index is 13.7. The minimum Gasteiger partial charge on any atom is -0.494 e. The standard InChI is InChI=1S/C16H25FN2O2/c1-12-9-18(6-7-19(12)10-13(2)20)11-14-4-5-16(21-3)15(17)8-14/h4-5,8,12-13,20H,6-7,9-11H2,1-3H3/t12-,13+/m0/s1. The zero-order chi connectivity index (χ0) is 15.4. The average molecular weight is 296 g/mol. The molecule has 118 valence electrons. The molecule has 1 aliphatic rings. The van der Waals surface area contributed by atoms with E-state index in [1.54, 1.807) is 12.1 Å².